The third-order valence-corrected chi connectivity index (χ3v) is 5.05. The molecule has 4 heteroatoms. The maximum absolute atomic E-state index is 13.4. The molecule has 0 spiro atoms. The molecule has 3 aromatic carbocycles. The van der Waals surface area contributed by atoms with E-state index >= 15 is 0 Å². The number of nitrogens with one attached hydrogen (secondary N) is 1. The molecule has 0 aliphatic carbocycles. The van der Waals surface area contributed by atoms with Crippen LogP contribution in [0.15, 0.2) is 78.9 Å². The fraction of sp³-hybridized carbons (Fsp3) is 0.167. The highest BCUT2D eigenvalue weighted by atomic mass is 16.2. The zero-order valence-electron chi connectivity index (χ0n) is 15.6. The number of amides is 2. The largest absolute Gasteiger partial charge is 0.321 e. The molecular formula is C24H22N2O2. The van der Waals surface area contributed by atoms with E-state index in [1.54, 1.807) is 24.3 Å². The molecule has 1 heterocycles. The van der Waals surface area contributed by atoms with Gasteiger partial charge in [-0.05, 0) is 55.2 Å². The van der Waals surface area contributed by atoms with Crippen molar-refractivity contribution in [1.82, 2.24) is 0 Å². The lowest BCUT2D eigenvalue weighted by Crippen LogP contribution is -2.32. The van der Waals surface area contributed by atoms with Crippen LogP contribution in [0, 0.1) is 0 Å². The molecule has 0 fully saturated rings. The van der Waals surface area contributed by atoms with Gasteiger partial charge >= 0.3 is 0 Å². The van der Waals surface area contributed by atoms with Crippen LogP contribution in [0.1, 0.15) is 39.1 Å². The van der Waals surface area contributed by atoms with Crippen LogP contribution in [0.4, 0.5) is 11.4 Å². The summed E-state index contributed by atoms with van der Waals surface area (Å²) in [7, 11) is 0. The Morgan fingerprint density at radius 2 is 1.50 bits per heavy atom. The van der Waals surface area contributed by atoms with Gasteiger partial charge < -0.3 is 10.2 Å². The Labute approximate surface area is 164 Å². The predicted molar refractivity (Wildman–Crippen MR) is 112 cm³/mol. The zero-order valence-corrected chi connectivity index (χ0v) is 15.6. The summed E-state index contributed by atoms with van der Waals surface area (Å²) in [5.41, 5.74) is 3.75. The number of carbonyl (C=O) groups is 2. The number of benzene rings is 3. The normalized spacial score (nSPS) is 13.4. The van der Waals surface area contributed by atoms with Crippen molar-refractivity contribution in [3.05, 3.63) is 95.6 Å². The fourth-order valence-corrected chi connectivity index (χ4v) is 3.61. The summed E-state index contributed by atoms with van der Waals surface area (Å²) in [6.45, 7) is 0.677. The van der Waals surface area contributed by atoms with Gasteiger partial charge in [-0.3, -0.25) is 9.59 Å². The first kappa shape index (κ1) is 18.0. The Morgan fingerprint density at radius 1 is 0.786 bits per heavy atom. The molecule has 28 heavy (non-hydrogen) atoms. The number of nitrogens with zero attached hydrogens (tertiary/aromatic N) is 1. The quantitative estimate of drug-likeness (QED) is 0.711. The maximum Gasteiger partial charge on any atom is 0.260 e. The Bertz CT molecular complexity index is 998. The highest BCUT2D eigenvalue weighted by molar-refractivity contribution is 6.13. The number of para-hydroxylation sites is 2. The van der Waals surface area contributed by atoms with Crippen LogP contribution in [0.2, 0.25) is 0 Å². The van der Waals surface area contributed by atoms with Crippen molar-refractivity contribution in [3.8, 4) is 0 Å². The van der Waals surface area contributed by atoms with E-state index in [0.29, 0.717) is 23.4 Å². The van der Waals surface area contributed by atoms with Gasteiger partial charge in [-0.2, -0.15) is 0 Å². The lowest BCUT2D eigenvalue weighted by Gasteiger charge is -2.24. The molecule has 0 radical (unpaired) electrons. The van der Waals surface area contributed by atoms with Crippen molar-refractivity contribution >= 4 is 23.2 Å². The third-order valence-electron chi connectivity index (χ3n) is 5.05. The molecule has 140 valence electrons. The number of hydrogen-bond donors (Lipinski definition) is 1. The van der Waals surface area contributed by atoms with E-state index < -0.39 is 0 Å². The van der Waals surface area contributed by atoms with Crippen molar-refractivity contribution < 1.29 is 9.59 Å². The molecule has 0 aromatic heterocycles. The van der Waals surface area contributed by atoms with E-state index in [0.717, 1.165) is 24.9 Å². The van der Waals surface area contributed by atoms with Crippen molar-refractivity contribution in [2.75, 3.05) is 16.8 Å². The minimum atomic E-state index is -0.225. The first-order valence-electron chi connectivity index (χ1n) is 9.59. The SMILES string of the molecule is O=C(Nc1ccccc1C(=O)N1CCCCc2ccccc21)c1ccccc1. The molecule has 4 nitrogen and oxygen atoms in total. The highest BCUT2D eigenvalue weighted by Gasteiger charge is 2.24. The third kappa shape index (κ3) is 3.67. The summed E-state index contributed by atoms with van der Waals surface area (Å²) >= 11 is 0. The second-order valence-corrected chi connectivity index (χ2v) is 6.91. The smallest absolute Gasteiger partial charge is 0.260 e. The van der Waals surface area contributed by atoms with Gasteiger partial charge in [0.05, 0.1) is 11.3 Å². The number of rotatable bonds is 3. The Balaban J connectivity index is 1.65. The van der Waals surface area contributed by atoms with Gasteiger partial charge in [0.1, 0.15) is 0 Å². The van der Waals surface area contributed by atoms with Gasteiger partial charge in [0, 0.05) is 17.8 Å². The van der Waals surface area contributed by atoms with Crippen LogP contribution in [0.25, 0.3) is 0 Å². The van der Waals surface area contributed by atoms with E-state index in [2.05, 4.69) is 11.4 Å². The standard InChI is InChI=1S/C24H22N2O2/c27-23(19-12-2-1-3-13-19)25-21-15-6-5-14-20(21)24(28)26-17-9-8-11-18-10-4-7-16-22(18)26/h1-7,10,12-16H,8-9,11,17H2,(H,25,27). The van der Waals surface area contributed by atoms with Gasteiger partial charge in [-0.15, -0.1) is 0 Å². The van der Waals surface area contributed by atoms with Crippen molar-refractivity contribution in [1.29, 1.82) is 0 Å². The van der Waals surface area contributed by atoms with Gasteiger partial charge in [-0.1, -0.05) is 48.5 Å². The van der Waals surface area contributed by atoms with E-state index in [-0.39, 0.29) is 11.8 Å². The summed E-state index contributed by atoms with van der Waals surface area (Å²) in [6.07, 6.45) is 3.00. The Kier molecular flexibility index (Phi) is 5.20. The molecule has 0 atom stereocenters. The molecular weight excluding hydrogens is 348 g/mol. The van der Waals surface area contributed by atoms with Crippen LogP contribution in [-0.4, -0.2) is 18.4 Å². The molecule has 4 rings (SSSR count). The maximum atomic E-state index is 13.4. The molecule has 2 amide bonds. The van der Waals surface area contributed by atoms with Crippen LogP contribution in [-0.2, 0) is 6.42 Å². The predicted octanol–water partition coefficient (Wildman–Crippen LogP) is 4.92. The lowest BCUT2D eigenvalue weighted by molar-refractivity contribution is 0.0988. The Morgan fingerprint density at radius 3 is 2.36 bits per heavy atom. The zero-order chi connectivity index (χ0) is 19.3. The topological polar surface area (TPSA) is 49.4 Å². The van der Waals surface area contributed by atoms with Crippen molar-refractivity contribution in [2.24, 2.45) is 0 Å². The van der Waals surface area contributed by atoms with Gasteiger partial charge in [-0.25, -0.2) is 0 Å². The van der Waals surface area contributed by atoms with Crippen LogP contribution < -0.4 is 10.2 Å². The highest BCUT2D eigenvalue weighted by Crippen LogP contribution is 2.29. The van der Waals surface area contributed by atoms with Crippen LogP contribution in [0.5, 0.6) is 0 Å². The number of aryl methyl sites for hydroxylation is 1. The summed E-state index contributed by atoms with van der Waals surface area (Å²) in [6, 6.07) is 24.3. The van der Waals surface area contributed by atoms with E-state index in [1.807, 2.05) is 53.4 Å². The molecule has 0 unspecified atom stereocenters. The molecule has 1 N–H and O–H groups in total. The molecule has 0 saturated heterocycles. The van der Waals surface area contributed by atoms with Crippen LogP contribution in [0.3, 0.4) is 0 Å². The second-order valence-electron chi connectivity index (χ2n) is 6.91. The second kappa shape index (κ2) is 8.09. The molecule has 1 aliphatic heterocycles. The molecule has 0 bridgehead atoms. The monoisotopic (exact) mass is 370 g/mol. The minimum absolute atomic E-state index is 0.0849. The molecule has 3 aromatic rings. The number of anilines is 2. The van der Waals surface area contributed by atoms with E-state index in [4.69, 9.17) is 0 Å². The lowest BCUT2D eigenvalue weighted by atomic mass is 10.1. The van der Waals surface area contributed by atoms with Gasteiger partial charge in [0.25, 0.3) is 11.8 Å². The average molecular weight is 370 g/mol. The van der Waals surface area contributed by atoms with Crippen molar-refractivity contribution in [2.45, 2.75) is 19.3 Å². The van der Waals surface area contributed by atoms with Gasteiger partial charge in [0.2, 0.25) is 0 Å². The molecule has 1 aliphatic rings. The van der Waals surface area contributed by atoms with E-state index in [9.17, 15) is 9.59 Å². The summed E-state index contributed by atoms with van der Waals surface area (Å²) in [5, 5.41) is 2.90. The molecule has 0 saturated carbocycles. The fourth-order valence-electron chi connectivity index (χ4n) is 3.61. The van der Waals surface area contributed by atoms with Gasteiger partial charge in [0.15, 0.2) is 0 Å². The van der Waals surface area contributed by atoms with Crippen molar-refractivity contribution in [3.63, 3.8) is 0 Å². The number of hydrogen-bond acceptors (Lipinski definition) is 2. The summed E-state index contributed by atoms with van der Waals surface area (Å²) < 4.78 is 0. The average Bonchev–Trinajstić information content (AvgIpc) is 2.97. The Hall–Kier alpha value is -3.40. The number of carbonyl (C=O) groups excluding carboxylic acids is 2. The first-order chi connectivity index (χ1) is 13.7. The van der Waals surface area contributed by atoms with E-state index in [1.165, 1.54) is 5.56 Å². The number of fused-ring (bicyclic) bond motifs is 1. The van der Waals surface area contributed by atoms with Crippen LogP contribution >= 0.6 is 0 Å². The summed E-state index contributed by atoms with van der Waals surface area (Å²) in [4.78, 5) is 27.9. The minimum Gasteiger partial charge on any atom is -0.321 e. The summed E-state index contributed by atoms with van der Waals surface area (Å²) in [5.74, 6) is -0.310. The first-order valence-corrected chi connectivity index (χ1v) is 9.59.